The summed E-state index contributed by atoms with van der Waals surface area (Å²) >= 11 is 0. The Bertz CT molecular complexity index is 893. The van der Waals surface area contributed by atoms with Crippen molar-refractivity contribution >= 4 is 17.5 Å². The molecule has 5 fully saturated rings. The monoisotopic (exact) mass is 477 g/mol. The van der Waals surface area contributed by atoms with E-state index in [1.54, 1.807) is 6.92 Å². The molecule has 1 aromatic carbocycles. The maximum atomic E-state index is 14.1. The average Bonchev–Trinajstić information content (AvgIpc) is 3.35. The molecule has 35 heavy (non-hydrogen) atoms. The van der Waals surface area contributed by atoms with Crippen LogP contribution in [-0.4, -0.2) is 58.4 Å². The van der Waals surface area contributed by atoms with Crippen LogP contribution in [0, 0.1) is 11.8 Å². The molecule has 2 aliphatic carbocycles. The van der Waals surface area contributed by atoms with Crippen molar-refractivity contribution in [3.63, 3.8) is 0 Å². The fourth-order valence-electron chi connectivity index (χ4n) is 8.76. The zero-order chi connectivity index (χ0) is 23.9. The van der Waals surface area contributed by atoms with E-state index in [0.717, 1.165) is 49.2 Å². The number of rotatable bonds is 4. The van der Waals surface area contributed by atoms with Crippen molar-refractivity contribution in [2.45, 2.75) is 121 Å². The lowest BCUT2D eigenvalue weighted by Crippen LogP contribution is -2.63. The number of carbonyl (C=O) groups is 2. The molecule has 4 bridgehead atoms. The molecule has 3 saturated heterocycles. The first kappa shape index (κ1) is 23.5. The smallest absolute Gasteiger partial charge is 0.314 e. The number of nitrogens with zero attached hydrogens (tertiary/aromatic N) is 3. The predicted octanol–water partition coefficient (Wildman–Crippen LogP) is 6.02. The summed E-state index contributed by atoms with van der Waals surface area (Å²) in [6.45, 7) is 2.34. The van der Waals surface area contributed by atoms with Crippen LogP contribution in [0.4, 0.5) is 10.5 Å². The van der Waals surface area contributed by atoms with Gasteiger partial charge < -0.3 is 4.90 Å². The molecular weight excluding hydrogens is 434 g/mol. The number of Topliss-reactive ketones (excluding diaryl/α,β-unsaturated/α-hetero) is 1. The number of benzene rings is 1. The molecule has 0 radical (unpaired) electrons. The highest BCUT2D eigenvalue weighted by atomic mass is 16.2. The van der Waals surface area contributed by atoms with Crippen LogP contribution < -0.4 is 4.90 Å². The van der Waals surface area contributed by atoms with Crippen LogP contribution in [-0.2, 0) is 4.79 Å². The minimum absolute atomic E-state index is 0.0534. The number of fused-ring (bicyclic) bond motifs is 4. The minimum atomic E-state index is -0.255. The first-order chi connectivity index (χ1) is 17.1. The van der Waals surface area contributed by atoms with Gasteiger partial charge in [-0.25, -0.2) is 4.79 Å². The number of carbonyl (C=O) groups excluding carboxylic acids is 2. The summed E-state index contributed by atoms with van der Waals surface area (Å²) in [4.78, 5) is 33.4. The molecule has 0 aromatic heterocycles. The summed E-state index contributed by atoms with van der Waals surface area (Å²) in [5.74, 6) is 2.03. The standard InChI is InChI=1S/C30H43N3O2/c1-21(34)29-14-7-15-31(29)30(35)33(24-10-3-2-4-11-24)28-19-25-12-6-13-26(20-28)32(25)27-17-22-8-5-9-23(16-22)18-27/h2-4,10-11,22-23,25-29H,5-9,12-20H2,1H3/t22-,23+,25-,26+,27?,28?,29-/m0/s1. The SMILES string of the molecule is CC(=O)[C@@H]1CCCN1C(=O)N(c1ccccc1)C1C[C@H]2CCC[C@@H](C1)N2C1C[C@H]2CCC[C@@H](C1)C2. The zero-order valence-corrected chi connectivity index (χ0v) is 21.5. The first-order valence-electron chi connectivity index (χ1n) is 14.5. The molecule has 0 N–H and O–H groups in total. The van der Waals surface area contributed by atoms with Crippen molar-refractivity contribution in [2.75, 3.05) is 11.4 Å². The molecule has 3 aliphatic heterocycles. The summed E-state index contributed by atoms with van der Waals surface area (Å²) in [6.07, 6.45) is 16.4. The lowest BCUT2D eigenvalue weighted by molar-refractivity contribution is -0.120. The first-order valence-corrected chi connectivity index (χ1v) is 14.5. The Kier molecular flexibility index (Phi) is 6.64. The summed E-state index contributed by atoms with van der Waals surface area (Å²) in [5, 5.41) is 0. The maximum Gasteiger partial charge on any atom is 0.325 e. The second-order valence-corrected chi connectivity index (χ2v) is 12.3. The van der Waals surface area contributed by atoms with E-state index in [0.29, 0.717) is 18.6 Å². The van der Waals surface area contributed by atoms with Crippen LogP contribution in [0.1, 0.15) is 90.4 Å². The van der Waals surface area contributed by atoms with Gasteiger partial charge in [-0.2, -0.15) is 0 Å². The highest BCUT2D eigenvalue weighted by molar-refractivity contribution is 5.96. The van der Waals surface area contributed by atoms with Gasteiger partial charge in [0, 0.05) is 36.4 Å². The van der Waals surface area contributed by atoms with Crippen molar-refractivity contribution < 1.29 is 9.59 Å². The number of amides is 2. The van der Waals surface area contributed by atoms with Gasteiger partial charge in [-0.05, 0) is 88.7 Å². The van der Waals surface area contributed by atoms with Crippen LogP contribution in [0.3, 0.4) is 0 Å². The normalized spacial score (nSPS) is 37.2. The molecule has 2 saturated carbocycles. The van der Waals surface area contributed by atoms with Gasteiger partial charge in [0.05, 0.1) is 6.04 Å². The van der Waals surface area contributed by atoms with Gasteiger partial charge >= 0.3 is 6.03 Å². The largest absolute Gasteiger partial charge is 0.325 e. The van der Waals surface area contributed by atoms with E-state index >= 15 is 0 Å². The van der Waals surface area contributed by atoms with Crippen molar-refractivity contribution in [3.8, 4) is 0 Å². The van der Waals surface area contributed by atoms with Crippen molar-refractivity contribution in [2.24, 2.45) is 11.8 Å². The lowest BCUT2D eigenvalue weighted by Gasteiger charge is -2.56. The van der Waals surface area contributed by atoms with Crippen LogP contribution in [0.25, 0.3) is 0 Å². The van der Waals surface area contributed by atoms with Gasteiger partial charge in [-0.15, -0.1) is 0 Å². The summed E-state index contributed by atoms with van der Waals surface area (Å²) < 4.78 is 0. The number of para-hydroxylation sites is 1. The number of likely N-dealkylation sites (tertiary alicyclic amines) is 1. The maximum absolute atomic E-state index is 14.1. The van der Waals surface area contributed by atoms with Crippen LogP contribution in [0.5, 0.6) is 0 Å². The van der Waals surface area contributed by atoms with Gasteiger partial charge in [-0.3, -0.25) is 14.6 Å². The van der Waals surface area contributed by atoms with E-state index in [9.17, 15) is 9.59 Å². The number of hydrogen-bond donors (Lipinski definition) is 0. The van der Waals surface area contributed by atoms with Crippen molar-refractivity contribution in [3.05, 3.63) is 30.3 Å². The van der Waals surface area contributed by atoms with Crippen LogP contribution >= 0.6 is 0 Å². The van der Waals surface area contributed by atoms with Gasteiger partial charge in [0.25, 0.3) is 0 Å². The molecule has 5 nitrogen and oxygen atoms in total. The van der Waals surface area contributed by atoms with E-state index in [1.807, 2.05) is 23.1 Å². The van der Waals surface area contributed by atoms with Gasteiger partial charge in [-0.1, -0.05) is 43.9 Å². The second kappa shape index (κ2) is 9.88. The third-order valence-corrected chi connectivity index (χ3v) is 10.1. The van der Waals surface area contributed by atoms with E-state index < -0.39 is 0 Å². The summed E-state index contributed by atoms with van der Waals surface area (Å²) in [7, 11) is 0. The molecular formula is C30H43N3O2. The minimum Gasteiger partial charge on any atom is -0.314 e. The lowest BCUT2D eigenvalue weighted by atomic mass is 9.68. The Morgan fingerprint density at radius 2 is 1.43 bits per heavy atom. The van der Waals surface area contributed by atoms with E-state index in [1.165, 1.54) is 57.8 Å². The Morgan fingerprint density at radius 1 is 0.771 bits per heavy atom. The molecule has 0 spiro atoms. The highest BCUT2D eigenvalue weighted by Crippen LogP contribution is 2.46. The molecule has 5 heteroatoms. The average molecular weight is 478 g/mol. The third kappa shape index (κ3) is 4.54. The molecule has 190 valence electrons. The Morgan fingerprint density at radius 3 is 2.09 bits per heavy atom. The number of anilines is 1. The van der Waals surface area contributed by atoms with Crippen molar-refractivity contribution in [1.29, 1.82) is 0 Å². The fourth-order valence-corrected chi connectivity index (χ4v) is 8.76. The Labute approximate surface area is 211 Å². The molecule has 1 aromatic rings. The number of piperidine rings is 2. The van der Waals surface area contributed by atoms with E-state index in [-0.39, 0.29) is 23.9 Å². The van der Waals surface area contributed by atoms with Crippen LogP contribution in [0.15, 0.2) is 30.3 Å². The summed E-state index contributed by atoms with van der Waals surface area (Å²) in [6, 6.07) is 12.2. The Hall–Kier alpha value is -1.88. The number of hydrogen-bond acceptors (Lipinski definition) is 3. The summed E-state index contributed by atoms with van der Waals surface area (Å²) in [5.41, 5.74) is 0.996. The van der Waals surface area contributed by atoms with E-state index in [4.69, 9.17) is 0 Å². The molecule has 2 amide bonds. The quantitative estimate of drug-likeness (QED) is 0.533. The highest BCUT2D eigenvalue weighted by Gasteiger charge is 2.47. The zero-order valence-electron chi connectivity index (χ0n) is 21.5. The van der Waals surface area contributed by atoms with E-state index in [2.05, 4.69) is 21.9 Å². The molecule has 7 atom stereocenters. The predicted molar refractivity (Wildman–Crippen MR) is 139 cm³/mol. The van der Waals surface area contributed by atoms with Crippen LogP contribution in [0.2, 0.25) is 0 Å². The number of urea groups is 1. The topological polar surface area (TPSA) is 43.9 Å². The Balaban J connectivity index is 1.26. The molecule has 2 unspecified atom stereocenters. The second-order valence-electron chi connectivity index (χ2n) is 12.3. The van der Waals surface area contributed by atoms with Gasteiger partial charge in [0.1, 0.15) is 0 Å². The van der Waals surface area contributed by atoms with Crippen molar-refractivity contribution in [1.82, 2.24) is 9.80 Å². The molecule has 5 aliphatic rings. The van der Waals surface area contributed by atoms with Gasteiger partial charge in [0.15, 0.2) is 5.78 Å². The molecule has 6 rings (SSSR count). The third-order valence-electron chi connectivity index (χ3n) is 10.1. The van der Waals surface area contributed by atoms with Gasteiger partial charge in [0.2, 0.25) is 0 Å². The fraction of sp³-hybridized carbons (Fsp3) is 0.733. The molecule has 3 heterocycles. The number of ketones is 1.